The van der Waals surface area contributed by atoms with Crippen LogP contribution in [0, 0.1) is 0 Å². The van der Waals surface area contributed by atoms with Gasteiger partial charge in [-0.05, 0) is 50.6 Å². The van der Waals surface area contributed by atoms with Crippen LogP contribution in [0.2, 0.25) is 0 Å². The number of carbonyl (C=O) groups is 1. The van der Waals surface area contributed by atoms with Crippen molar-refractivity contribution in [2.45, 2.75) is 26.4 Å². The summed E-state index contributed by atoms with van der Waals surface area (Å²) in [5.41, 5.74) is 9.39. The highest BCUT2D eigenvalue weighted by molar-refractivity contribution is 5.94. The molecule has 1 amide bonds. The summed E-state index contributed by atoms with van der Waals surface area (Å²) in [6.45, 7) is 5.37. The second-order valence-electron chi connectivity index (χ2n) is 8.76. The van der Waals surface area contributed by atoms with Crippen molar-refractivity contribution in [3.63, 3.8) is 0 Å². The van der Waals surface area contributed by atoms with Crippen LogP contribution in [0.15, 0.2) is 53.7 Å². The van der Waals surface area contributed by atoms with Crippen LogP contribution in [0.25, 0.3) is 27.9 Å². The molecule has 0 saturated carbocycles. The number of nitrogens with zero attached hydrogens (tertiary/aromatic N) is 4. The Hall–Kier alpha value is -4.34. The van der Waals surface area contributed by atoms with E-state index in [4.69, 9.17) is 15.2 Å². The Balaban J connectivity index is 1.81. The molecule has 4 aromatic rings. The van der Waals surface area contributed by atoms with Crippen molar-refractivity contribution in [1.29, 1.82) is 0 Å². The first-order chi connectivity index (χ1) is 16.1. The quantitative estimate of drug-likeness (QED) is 0.474. The second kappa shape index (κ2) is 8.54. The minimum atomic E-state index is -0.630. The number of amides is 1. The highest BCUT2D eigenvalue weighted by Gasteiger charge is 2.20. The van der Waals surface area contributed by atoms with Gasteiger partial charge < -0.3 is 19.8 Å². The van der Waals surface area contributed by atoms with Gasteiger partial charge in [-0.15, -0.1) is 0 Å². The lowest BCUT2D eigenvalue weighted by molar-refractivity contribution is 0.0635. The lowest BCUT2D eigenvalue weighted by Crippen LogP contribution is -2.27. The van der Waals surface area contributed by atoms with Gasteiger partial charge in [0.15, 0.2) is 5.82 Å². The van der Waals surface area contributed by atoms with E-state index in [0.717, 1.165) is 11.1 Å². The summed E-state index contributed by atoms with van der Waals surface area (Å²) in [6, 6.07) is 10.6. The predicted octanol–water partition coefficient (Wildman–Crippen LogP) is 3.70. The molecule has 0 bridgehead atoms. The molecule has 0 saturated heterocycles. The number of ether oxygens (including phenoxy) is 2. The van der Waals surface area contributed by atoms with Crippen LogP contribution >= 0.6 is 0 Å². The number of benzene rings is 1. The zero-order valence-electron chi connectivity index (χ0n) is 19.6. The Morgan fingerprint density at radius 3 is 2.56 bits per heavy atom. The molecule has 3 aromatic heterocycles. The van der Waals surface area contributed by atoms with Crippen LogP contribution in [-0.4, -0.2) is 38.0 Å². The van der Waals surface area contributed by atoms with E-state index in [1.54, 1.807) is 50.7 Å². The number of nitrogens with two attached hydrogens (primary N) is 1. The van der Waals surface area contributed by atoms with Gasteiger partial charge in [0.25, 0.3) is 5.56 Å². The van der Waals surface area contributed by atoms with Crippen molar-refractivity contribution in [3.05, 3.63) is 59.3 Å². The fourth-order valence-electron chi connectivity index (χ4n) is 3.58. The molecule has 0 spiro atoms. The van der Waals surface area contributed by atoms with Crippen molar-refractivity contribution >= 4 is 23.1 Å². The summed E-state index contributed by atoms with van der Waals surface area (Å²) in [5, 5.41) is 7.07. The minimum Gasteiger partial charge on any atom is -0.495 e. The number of fused-ring (bicyclic) bond motifs is 1. The topological polar surface area (TPSA) is 126 Å². The average molecular weight is 463 g/mol. The van der Waals surface area contributed by atoms with Crippen LogP contribution in [0.1, 0.15) is 20.8 Å². The first-order valence-corrected chi connectivity index (χ1v) is 10.5. The molecule has 0 aliphatic carbocycles. The van der Waals surface area contributed by atoms with Crippen molar-refractivity contribution < 1.29 is 14.3 Å². The maximum atomic E-state index is 12.2. The lowest BCUT2D eigenvalue weighted by atomic mass is 10.0. The van der Waals surface area contributed by atoms with Gasteiger partial charge >= 0.3 is 6.09 Å². The zero-order valence-corrected chi connectivity index (χ0v) is 19.6. The fourth-order valence-corrected chi connectivity index (χ4v) is 3.58. The maximum absolute atomic E-state index is 12.2. The average Bonchev–Trinajstić information content (AvgIpc) is 3.15. The number of hydrogen-bond acceptors (Lipinski definition) is 7. The normalized spacial score (nSPS) is 11.4. The standard InChI is InChI=1S/C24H26N6O4/c1-24(2,3)34-23(32)28-17-7-6-14(10-19(17)33-5)16-12-18(15-8-9-29(4)20(31)11-15)30-21(16)22(25)26-13-27-30/h6-13H,1-5H3,(H,28,32)(H2,25,26,27). The zero-order chi connectivity index (χ0) is 24.6. The summed E-state index contributed by atoms with van der Waals surface area (Å²) in [7, 11) is 3.20. The van der Waals surface area contributed by atoms with Crippen molar-refractivity contribution in [2.75, 3.05) is 18.2 Å². The summed E-state index contributed by atoms with van der Waals surface area (Å²) in [4.78, 5) is 28.6. The number of hydrogen-bond donors (Lipinski definition) is 2. The van der Waals surface area contributed by atoms with Crippen molar-refractivity contribution in [1.82, 2.24) is 19.2 Å². The van der Waals surface area contributed by atoms with Crippen LogP contribution in [0.5, 0.6) is 5.75 Å². The Labute approximate surface area is 195 Å². The Kier molecular flexibility index (Phi) is 5.74. The molecule has 4 rings (SSSR count). The molecule has 176 valence electrons. The molecule has 1 aromatic carbocycles. The monoisotopic (exact) mass is 462 g/mol. The molecule has 0 aliphatic rings. The van der Waals surface area contributed by atoms with E-state index in [9.17, 15) is 9.59 Å². The van der Waals surface area contributed by atoms with Crippen LogP contribution in [0.3, 0.4) is 0 Å². The van der Waals surface area contributed by atoms with E-state index in [-0.39, 0.29) is 11.4 Å². The molecule has 10 heteroatoms. The molecular formula is C24H26N6O4. The summed E-state index contributed by atoms with van der Waals surface area (Å²) in [5.74, 6) is 0.725. The molecule has 10 nitrogen and oxygen atoms in total. The number of aryl methyl sites for hydroxylation is 1. The third-order valence-electron chi connectivity index (χ3n) is 5.13. The van der Waals surface area contributed by atoms with E-state index < -0.39 is 11.7 Å². The second-order valence-corrected chi connectivity index (χ2v) is 8.76. The number of carbonyl (C=O) groups excluding carboxylic acids is 1. The van der Waals surface area contributed by atoms with E-state index in [2.05, 4.69) is 15.4 Å². The Bertz CT molecular complexity index is 1450. The third-order valence-corrected chi connectivity index (χ3v) is 5.13. The summed E-state index contributed by atoms with van der Waals surface area (Å²) >= 11 is 0. The first kappa shape index (κ1) is 22.8. The fraction of sp³-hybridized carbons (Fsp3) is 0.250. The highest BCUT2D eigenvalue weighted by atomic mass is 16.6. The number of nitrogen functional groups attached to an aromatic ring is 1. The predicted molar refractivity (Wildman–Crippen MR) is 130 cm³/mol. The molecule has 0 radical (unpaired) electrons. The van der Waals surface area contributed by atoms with Crippen LogP contribution < -0.4 is 21.3 Å². The Morgan fingerprint density at radius 2 is 1.88 bits per heavy atom. The largest absolute Gasteiger partial charge is 0.495 e. The number of nitrogens with one attached hydrogen (secondary N) is 1. The first-order valence-electron chi connectivity index (χ1n) is 10.5. The van der Waals surface area contributed by atoms with E-state index in [1.807, 2.05) is 18.2 Å². The van der Waals surface area contributed by atoms with Gasteiger partial charge in [0.1, 0.15) is 23.2 Å². The molecule has 0 aliphatic heterocycles. The number of methoxy groups -OCH3 is 1. The molecule has 0 unspecified atom stereocenters. The molecule has 0 fully saturated rings. The molecule has 34 heavy (non-hydrogen) atoms. The van der Waals surface area contributed by atoms with Crippen LogP contribution in [-0.2, 0) is 11.8 Å². The summed E-state index contributed by atoms with van der Waals surface area (Å²) < 4.78 is 14.0. The van der Waals surface area contributed by atoms with Gasteiger partial charge in [-0.25, -0.2) is 14.3 Å². The van der Waals surface area contributed by atoms with Crippen molar-refractivity contribution in [3.8, 4) is 28.1 Å². The Morgan fingerprint density at radius 1 is 1.12 bits per heavy atom. The molecule has 3 N–H and O–H groups in total. The summed E-state index contributed by atoms with van der Waals surface area (Å²) in [6.07, 6.45) is 2.48. The minimum absolute atomic E-state index is 0.143. The van der Waals surface area contributed by atoms with Gasteiger partial charge in [-0.2, -0.15) is 5.10 Å². The van der Waals surface area contributed by atoms with Gasteiger partial charge in [0.2, 0.25) is 0 Å². The van der Waals surface area contributed by atoms with Gasteiger partial charge in [0, 0.05) is 30.4 Å². The molecule has 3 heterocycles. The van der Waals surface area contributed by atoms with E-state index in [0.29, 0.717) is 28.2 Å². The van der Waals surface area contributed by atoms with E-state index >= 15 is 0 Å². The number of aromatic nitrogens is 4. The molecular weight excluding hydrogens is 436 g/mol. The van der Waals surface area contributed by atoms with E-state index in [1.165, 1.54) is 24.1 Å². The lowest BCUT2D eigenvalue weighted by Gasteiger charge is -2.20. The van der Waals surface area contributed by atoms with Gasteiger partial charge in [-0.3, -0.25) is 10.1 Å². The highest BCUT2D eigenvalue weighted by Crippen LogP contribution is 2.37. The molecule has 0 atom stereocenters. The number of rotatable bonds is 4. The smallest absolute Gasteiger partial charge is 0.412 e. The van der Waals surface area contributed by atoms with Gasteiger partial charge in [-0.1, -0.05) is 6.07 Å². The third kappa shape index (κ3) is 4.42. The maximum Gasteiger partial charge on any atom is 0.412 e. The SMILES string of the molecule is COc1cc(-c2cc(-c3ccn(C)c(=O)c3)n3ncnc(N)c23)ccc1NC(=O)OC(C)(C)C. The number of pyridine rings is 1. The van der Waals surface area contributed by atoms with Gasteiger partial charge in [0.05, 0.1) is 18.5 Å². The van der Waals surface area contributed by atoms with Crippen molar-refractivity contribution in [2.24, 2.45) is 7.05 Å². The number of anilines is 2. The van der Waals surface area contributed by atoms with Crippen LogP contribution in [0.4, 0.5) is 16.3 Å².